The molecule has 0 saturated carbocycles. The van der Waals surface area contributed by atoms with Gasteiger partial charge in [0.05, 0.1) is 12.7 Å². The Labute approximate surface area is 172 Å². The summed E-state index contributed by atoms with van der Waals surface area (Å²) in [6.07, 6.45) is 2.96. The molecule has 1 N–H and O–H groups in total. The standard InChI is InChI=1S/C21H21FN4O4/c1-12-3-4-14(18-24-19(30-25-18)13-5-7-15(22)8-6-13)11-26(12)21(28)16-9-10-23-20(29-2)17(16)27/h5-10,12,14,27H,3-4,11H2,1-2H3/t12-,14+/m1/s1. The number of aromatic nitrogens is 3. The number of carbonyl (C=O) groups excluding carboxylic acids is 1. The quantitative estimate of drug-likeness (QED) is 0.701. The van der Waals surface area contributed by atoms with Crippen molar-refractivity contribution in [3.8, 4) is 23.1 Å². The zero-order valence-corrected chi connectivity index (χ0v) is 16.6. The highest BCUT2D eigenvalue weighted by atomic mass is 19.1. The summed E-state index contributed by atoms with van der Waals surface area (Å²) in [5.74, 6) is -0.248. The number of hydrogen-bond donors (Lipinski definition) is 1. The second kappa shape index (κ2) is 8.10. The Morgan fingerprint density at radius 3 is 2.77 bits per heavy atom. The molecule has 2 atom stereocenters. The van der Waals surface area contributed by atoms with E-state index < -0.39 is 0 Å². The van der Waals surface area contributed by atoms with Gasteiger partial charge in [0.2, 0.25) is 0 Å². The highest BCUT2D eigenvalue weighted by Gasteiger charge is 2.34. The van der Waals surface area contributed by atoms with Gasteiger partial charge in [-0.3, -0.25) is 4.79 Å². The predicted octanol–water partition coefficient (Wildman–Crippen LogP) is 3.39. The highest BCUT2D eigenvalue weighted by Crippen LogP contribution is 2.33. The zero-order valence-electron chi connectivity index (χ0n) is 16.6. The minimum absolute atomic E-state index is 0.00386. The molecule has 1 aliphatic rings. The Morgan fingerprint density at radius 1 is 1.27 bits per heavy atom. The van der Waals surface area contributed by atoms with Gasteiger partial charge in [0.1, 0.15) is 5.82 Å². The smallest absolute Gasteiger partial charge is 0.258 e. The maximum absolute atomic E-state index is 13.1. The molecule has 1 saturated heterocycles. The topological polar surface area (TPSA) is 102 Å². The molecule has 9 heteroatoms. The normalized spacial score (nSPS) is 19.0. The maximum atomic E-state index is 13.1. The summed E-state index contributed by atoms with van der Waals surface area (Å²) < 4.78 is 23.5. The van der Waals surface area contributed by atoms with E-state index in [1.54, 1.807) is 17.0 Å². The Bertz CT molecular complexity index is 1050. The van der Waals surface area contributed by atoms with Crippen LogP contribution in [0.15, 0.2) is 41.1 Å². The van der Waals surface area contributed by atoms with Crippen molar-refractivity contribution >= 4 is 5.91 Å². The van der Waals surface area contributed by atoms with Crippen molar-refractivity contribution in [2.75, 3.05) is 13.7 Å². The number of likely N-dealkylation sites (tertiary alicyclic amines) is 1. The molecule has 0 bridgehead atoms. The van der Waals surface area contributed by atoms with Gasteiger partial charge in [-0.05, 0) is 50.1 Å². The molecule has 8 nitrogen and oxygen atoms in total. The molecule has 3 heterocycles. The van der Waals surface area contributed by atoms with E-state index in [4.69, 9.17) is 9.26 Å². The van der Waals surface area contributed by atoms with Crippen LogP contribution in [0.3, 0.4) is 0 Å². The van der Waals surface area contributed by atoms with E-state index in [1.165, 1.54) is 31.5 Å². The molecule has 0 unspecified atom stereocenters. The fourth-order valence-corrected chi connectivity index (χ4v) is 3.62. The van der Waals surface area contributed by atoms with Gasteiger partial charge < -0.3 is 19.3 Å². The Kier molecular flexibility index (Phi) is 5.35. The lowest BCUT2D eigenvalue weighted by Crippen LogP contribution is -2.45. The van der Waals surface area contributed by atoms with Crippen molar-refractivity contribution in [1.82, 2.24) is 20.0 Å². The number of ether oxygens (including phenoxy) is 1. The first-order chi connectivity index (χ1) is 14.5. The Balaban J connectivity index is 1.55. The van der Waals surface area contributed by atoms with Crippen LogP contribution in [0.1, 0.15) is 41.9 Å². The zero-order chi connectivity index (χ0) is 21.3. The van der Waals surface area contributed by atoms with Gasteiger partial charge in [-0.15, -0.1) is 0 Å². The molecule has 1 aliphatic heterocycles. The molecular formula is C21H21FN4O4. The van der Waals surface area contributed by atoms with Crippen molar-refractivity contribution < 1.29 is 23.6 Å². The lowest BCUT2D eigenvalue weighted by molar-refractivity contribution is 0.0601. The number of carbonyl (C=O) groups is 1. The fourth-order valence-electron chi connectivity index (χ4n) is 3.62. The van der Waals surface area contributed by atoms with E-state index in [-0.39, 0.29) is 40.9 Å². The summed E-state index contributed by atoms with van der Waals surface area (Å²) in [5, 5.41) is 14.4. The van der Waals surface area contributed by atoms with Gasteiger partial charge in [0, 0.05) is 30.3 Å². The number of piperidine rings is 1. The van der Waals surface area contributed by atoms with Crippen LogP contribution in [-0.2, 0) is 0 Å². The molecule has 1 amide bonds. The summed E-state index contributed by atoms with van der Waals surface area (Å²) in [5.41, 5.74) is 0.760. The van der Waals surface area contributed by atoms with E-state index in [0.717, 1.165) is 12.8 Å². The fraction of sp³-hybridized carbons (Fsp3) is 0.333. The first kappa shape index (κ1) is 19.8. The van der Waals surface area contributed by atoms with Crippen molar-refractivity contribution in [3.05, 3.63) is 53.7 Å². The summed E-state index contributed by atoms with van der Waals surface area (Å²) in [6.45, 7) is 2.34. The van der Waals surface area contributed by atoms with Crippen LogP contribution < -0.4 is 4.74 Å². The van der Waals surface area contributed by atoms with E-state index in [9.17, 15) is 14.3 Å². The third-order valence-corrected chi connectivity index (χ3v) is 5.36. The molecule has 30 heavy (non-hydrogen) atoms. The number of rotatable bonds is 4. The van der Waals surface area contributed by atoms with Crippen LogP contribution in [-0.4, -0.2) is 50.7 Å². The first-order valence-corrected chi connectivity index (χ1v) is 9.60. The Hall–Kier alpha value is -3.49. The van der Waals surface area contributed by atoms with Crippen LogP contribution in [0.25, 0.3) is 11.5 Å². The molecule has 0 radical (unpaired) electrons. The molecule has 1 fully saturated rings. The number of methoxy groups -OCH3 is 1. The number of benzene rings is 1. The third-order valence-electron chi connectivity index (χ3n) is 5.36. The molecule has 156 valence electrons. The monoisotopic (exact) mass is 412 g/mol. The number of halogens is 1. The number of pyridine rings is 1. The van der Waals surface area contributed by atoms with E-state index in [2.05, 4.69) is 15.1 Å². The van der Waals surface area contributed by atoms with Gasteiger partial charge >= 0.3 is 0 Å². The minimum atomic E-state index is -0.343. The SMILES string of the molecule is COc1nccc(C(=O)N2C[C@@H](c3noc(-c4ccc(F)cc4)n3)CC[C@H]2C)c1O. The average Bonchev–Trinajstić information content (AvgIpc) is 3.24. The Morgan fingerprint density at radius 2 is 2.03 bits per heavy atom. The first-order valence-electron chi connectivity index (χ1n) is 9.60. The summed E-state index contributed by atoms with van der Waals surface area (Å²) in [7, 11) is 1.38. The van der Waals surface area contributed by atoms with Crippen molar-refractivity contribution in [1.29, 1.82) is 0 Å². The molecule has 0 spiro atoms. The summed E-state index contributed by atoms with van der Waals surface area (Å²) >= 11 is 0. The molecule has 0 aliphatic carbocycles. The van der Waals surface area contributed by atoms with Crippen molar-refractivity contribution in [2.45, 2.75) is 31.7 Å². The molecule has 2 aromatic heterocycles. The second-order valence-electron chi connectivity index (χ2n) is 7.26. The number of aromatic hydroxyl groups is 1. The van der Waals surface area contributed by atoms with Crippen molar-refractivity contribution in [3.63, 3.8) is 0 Å². The van der Waals surface area contributed by atoms with E-state index in [1.807, 2.05) is 6.92 Å². The van der Waals surface area contributed by atoms with Gasteiger partial charge in [0.15, 0.2) is 11.6 Å². The lowest BCUT2D eigenvalue weighted by Gasteiger charge is -2.37. The second-order valence-corrected chi connectivity index (χ2v) is 7.26. The number of hydrogen-bond acceptors (Lipinski definition) is 7. The largest absolute Gasteiger partial charge is 0.503 e. The number of amides is 1. The molecule has 3 aromatic rings. The summed E-state index contributed by atoms with van der Waals surface area (Å²) in [6, 6.07) is 7.26. The minimum Gasteiger partial charge on any atom is -0.503 e. The highest BCUT2D eigenvalue weighted by molar-refractivity contribution is 5.97. The van der Waals surface area contributed by atoms with Gasteiger partial charge in [0.25, 0.3) is 17.7 Å². The van der Waals surface area contributed by atoms with Gasteiger partial charge in [-0.2, -0.15) is 4.98 Å². The number of nitrogens with zero attached hydrogens (tertiary/aromatic N) is 4. The molecule has 4 rings (SSSR count). The third kappa shape index (κ3) is 3.70. The van der Waals surface area contributed by atoms with E-state index in [0.29, 0.717) is 23.8 Å². The summed E-state index contributed by atoms with van der Waals surface area (Å²) in [4.78, 5) is 23.2. The maximum Gasteiger partial charge on any atom is 0.258 e. The molecular weight excluding hydrogens is 391 g/mol. The van der Waals surface area contributed by atoms with Crippen LogP contribution >= 0.6 is 0 Å². The van der Waals surface area contributed by atoms with Crippen LogP contribution in [0.2, 0.25) is 0 Å². The van der Waals surface area contributed by atoms with Crippen molar-refractivity contribution in [2.24, 2.45) is 0 Å². The van der Waals surface area contributed by atoms with Gasteiger partial charge in [-0.25, -0.2) is 9.37 Å². The lowest BCUT2D eigenvalue weighted by atomic mass is 9.92. The van der Waals surface area contributed by atoms with E-state index >= 15 is 0 Å². The van der Waals surface area contributed by atoms with Crippen LogP contribution in [0, 0.1) is 5.82 Å². The van der Waals surface area contributed by atoms with Crippen LogP contribution in [0.5, 0.6) is 11.6 Å². The molecule has 1 aromatic carbocycles. The average molecular weight is 412 g/mol. The van der Waals surface area contributed by atoms with Gasteiger partial charge in [-0.1, -0.05) is 5.16 Å². The predicted molar refractivity (Wildman–Crippen MR) is 105 cm³/mol. The van der Waals surface area contributed by atoms with Crippen LogP contribution in [0.4, 0.5) is 4.39 Å².